The van der Waals surface area contributed by atoms with Gasteiger partial charge in [0, 0.05) is 92.5 Å². The first-order valence-electron chi connectivity index (χ1n) is 32.1. The van der Waals surface area contributed by atoms with Crippen molar-refractivity contribution in [2.45, 2.75) is 210 Å². The molecule has 2 aromatic rings. The quantitative estimate of drug-likeness (QED) is 0.0206. The number of aliphatic hydroxyl groups excluding tert-OH is 1. The minimum atomic E-state index is -0.816. The average molecular weight is 1160 g/mol. The third kappa shape index (κ3) is 14.1. The van der Waals surface area contributed by atoms with Gasteiger partial charge in [-0.2, -0.15) is 11.8 Å². The molecule has 10 rings (SSSR count). The fourth-order valence-electron chi connectivity index (χ4n) is 16.5. The lowest BCUT2D eigenvalue weighted by Gasteiger charge is -2.49. The number of hydrogen-bond donors (Lipinski definition) is 7. The molecule has 2 aromatic carbocycles. The van der Waals surface area contributed by atoms with E-state index in [9.17, 15) is 33.9 Å². The molecule has 4 saturated heterocycles. The number of rotatable bonds is 26. The molecule has 4 heterocycles. The van der Waals surface area contributed by atoms with Crippen LogP contribution in [0.5, 0.6) is 0 Å². The SMILES string of the molecule is CC1=C2C[C@H]3[C@@H](CC=C4C[C@@H](O)CC[C@@]43C)[C@@H]2CCC12O[C@@H]1C[C@H](C)CN(CCNC(=O)CCCCCNC(=O)[C@H](Cc3ccc(C(=O)c4ccccc4)cc3)NC(=O)CCCCCNC(=O)CCCCC3SC[C@@H]4NC(=O)N[C@H]34)[C@H]1[C@H]2C. The summed E-state index contributed by atoms with van der Waals surface area (Å²) in [7, 11) is 0. The molecule has 2 saturated carbocycles. The Bertz CT molecular complexity index is 2700. The highest BCUT2D eigenvalue weighted by atomic mass is 32.2. The van der Waals surface area contributed by atoms with Gasteiger partial charge in [-0.25, -0.2) is 4.79 Å². The highest BCUT2D eigenvalue weighted by Gasteiger charge is 2.61. The van der Waals surface area contributed by atoms with Crippen molar-refractivity contribution in [2.75, 3.05) is 38.5 Å². The molecule has 7 N–H and O–H groups in total. The maximum absolute atomic E-state index is 13.8. The van der Waals surface area contributed by atoms with Crippen LogP contribution in [0.1, 0.15) is 178 Å². The minimum Gasteiger partial charge on any atom is -0.393 e. The van der Waals surface area contributed by atoms with Crippen molar-refractivity contribution < 1.29 is 38.6 Å². The average Bonchev–Trinajstić information content (AvgIpc) is 1.84. The fourth-order valence-corrected chi connectivity index (χ4v) is 18.1. The smallest absolute Gasteiger partial charge is 0.315 e. The van der Waals surface area contributed by atoms with Crippen LogP contribution in [-0.4, -0.2) is 131 Å². The van der Waals surface area contributed by atoms with Gasteiger partial charge in [0.05, 0.1) is 29.9 Å². The highest BCUT2D eigenvalue weighted by Crippen LogP contribution is 2.65. The molecule has 0 bridgehead atoms. The first-order valence-corrected chi connectivity index (χ1v) is 33.1. The van der Waals surface area contributed by atoms with Crippen LogP contribution in [0.2, 0.25) is 0 Å². The second-order valence-electron chi connectivity index (χ2n) is 26.4. The zero-order valence-corrected chi connectivity index (χ0v) is 50.8. The molecule has 8 aliphatic rings. The number of ether oxygens (including phenoxy) is 1. The van der Waals surface area contributed by atoms with Crippen LogP contribution >= 0.6 is 11.8 Å². The van der Waals surface area contributed by atoms with E-state index >= 15 is 0 Å². The number of carbonyl (C=O) groups excluding carboxylic acids is 6. The van der Waals surface area contributed by atoms with Crippen LogP contribution in [0.3, 0.4) is 0 Å². The molecule has 15 nitrogen and oxygen atoms in total. The van der Waals surface area contributed by atoms with Crippen molar-refractivity contribution in [1.82, 2.24) is 36.8 Å². The number of nitrogens with zero attached hydrogens (tertiary/aromatic N) is 1. The van der Waals surface area contributed by atoms with Gasteiger partial charge in [-0.3, -0.25) is 28.9 Å². The Labute approximate surface area is 497 Å². The van der Waals surface area contributed by atoms with E-state index in [0.29, 0.717) is 104 Å². The van der Waals surface area contributed by atoms with E-state index < -0.39 is 6.04 Å². The monoisotopic (exact) mass is 1160 g/mol. The van der Waals surface area contributed by atoms with E-state index in [1.165, 1.54) is 24.0 Å². The summed E-state index contributed by atoms with van der Waals surface area (Å²) in [6, 6.07) is 16.1. The molecule has 0 aromatic heterocycles. The van der Waals surface area contributed by atoms with Gasteiger partial charge in [-0.1, -0.05) is 112 Å². The van der Waals surface area contributed by atoms with Gasteiger partial charge >= 0.3 is 6.03 Å². The summed E-state index contributed by atoms with van der Waals surface area (Å²) in [5.41, 5.74) is 6.65. The van der Waals surface area contributed by atoms with Crippen molar-refractivity contribution in [2.24, 2.45) is 35.0 Å². The maximum atomic E-state index is 13.8. The summed E-state index contributed by atoms with van der Waals surface area (Å²) in [6.07, 6.45) is 19.4. The molecule has 16 heteroatoms. The van der Waals surface area contributed by atoms with Crippen molar-refractivity contribution >= 4 is 47.2 Å². The molecule has 6 amide bonds. The Balaban J connectivity index is 0.635. The summed E-state index contributed by atoms with van der Waals surface area (Å²) in [5.74, 6) is 3.30. The van der Waals surface area contributed by atoms with Crippen LogP contribution in [0.15, 0.2) is 77.4 Å². The predicted octanol–water partition coefficient (Wildman–Crippen LogP) is 8.87. The molecule has 1 spiro atoms. The molecular weight excluding hydrogens is 1060 g/mol. The molecule has 0 radical (unpaired) electrons. The summed E-state index contributed by atoms with van der Waals surface area (Å²) < 4.78 is 7.39. The summed E-state index contributed by atoms with van der Waals surface area (Å²) in [5, 5.41) is 29.2. The first kappa shape index (κ1) is 61.1. The largest absolute Gasteiger partial charge is 0.393 e. The van der Waals surface area contributed by atoms with Gasteiger partial charge < -0.3 is 41.7 Å². The van der Waals surface area contributed by atoms with Gasteiger partial charge in [-0.05, 0) is 137 Å². The molecule has 6 fully saturated rings. The Morgan fingerprint density at radius 1 is 0.807 bits per heavy atom. The Hall–Kier alpha value is -5.03. The lowest BCUT2D eigenvalue weighted by Crippen LogP contribution is -2.54. The summed E-state index contributed by atoms with van der Waals surface area (Å²) >= 11 is 1.89. The lowest BCUT2D eigenvalue weighted by molar-refractivity contribution is -0.129. The van der Waals surface area contributed by atoms with E-state index in [1.54, 1.807) is 29.8 Å². The van der Waals surface area contributed by atoms with E-state index in [1.807, 2.05) is 42.1 Å². The number of fused-ring (bicyclic) bond motifs is 7. The van der Waals surface area contributed by atoms with E-state index in [2.05, 4.69) is 70.6 Å². The van der Waals surface area contributed by atoms with Crippen LogP contribution in [0, 0.1) is 35.0 Å². The number of piperidine rings is 1. The van der Waals surface area contributed by atoms with E-state index in [0.717, 1.165) is 101 Å². The van der Waals surface area contributed by atoms with Crippen molar-refractivity contribution in [3.63, 3.8) is 0 Å². The van der Waals surface area contributed by atoms with Crippen LogP contribution in [-0.2, 0) is 30.3 Å². The van der Waals surface area contributed by atoms with Crippen LogP contribution in [0.4, 0.5) is 4.79 Å². The number of nitrogens with one attached hydrogen (secondary N) is 6. The topological polar surface area (TPSA) is 207 Å². The molecule has 14 atom stereocenters. The van der Waals surface area contributed by atoms with E-state index in [4.69, 9.17) is 4.74 Å². The Kier molecular flexibility index (Phi) is 20.3. The second kappa shape index (κ2) is 27.6. The van der Waals surface area contributed by atoms with E-state index in [-0.39, 0.29) is 83.6 Å². The first-order chi connectivity index (χ1) is 40.1. The third-order valence-electron chi connectivity index (χ3n) is 21.0. The highest BCUT2D eigenvalue weighted by molar-refractivity contribution is 8.00. The second-order valence-corrected chi connectivity index (χ2v) is 27.7. The molecule has 4 aliphatic carbocycles. The molecule has 452 valence electrons. The zero-order chi connectivity index (χ0) is 58.3. The van der Waals surface area contributed by atoms with Crippen LogP contribution in [0.25, 0.3) is 0 Å². The van der Waals surface area contributed by atoms with Gasteiger partial charge in [0.25, 0.3) is 0 Å². The van der Waals surface area contributed by atoms with Crippen molar-refractivity contribution in [1.29, 1.82) is 0 Å². The number of aliphatic hydroxyl groups is 1. The summed E-state index contributed by atoms with van der Waals surface area (Å²) in [4.78, 5) is 80.3. The minimum absolute atomic E-state index is 0.0299. The number of benzene rings is 2. The number of carbonyl (C=O) groups is 6. The van der Waals surface area contributed by atoms with Crippen molar-refractivity contribution in [3.05, 3.63) is 94.1 Å². The molecule has 2 unspecified atom stereocenters. The van der Waals surface area contributed by atoms with Gasteiger partial charge in [0.1, 0.15) is 6.04 Å². The molecule has 4 aliphatic heterocycles. The van der Waals surface area contributed by atoms with Crippen molar-refractivity contribution in [3.8, 4) is 0 Å². The van der Waals surface area contributed by atoms with Gasteiger partial charge in [0.2, 0.25) is 23.6 Å². The van der Waals surface area contributed by atoms with Gasteiger partial charge in [-0.15, -0.1) is 0 Å². The maximum Gasteiger partial charge on any atom is 0.315 e. The lowest BCUT2D eigenvalue weighted by atomic mass is 9.56. The number of allylic oxidation sites excluding steroid dienone is 2. The number of ketones is 1. The normalized spacial score (nSPS) is 31.8. The third-order valence-corrected chi connectivity index (χ3v) is 22.5. The number of hydrogen-bond acceptors (Lipinski definition) is 10. The predicted molar refractivity (Wildman–Crippen MR) is 325 cm³/mol. The Morgan fingerprint density at radius 2 is 1.51 bits per heavy atom. The molecule has 83 heavy (non-hydrogen) atoms. The zero-order valence-electron chi connectivity index (χ0n) is 50.0. The Morgan fingerprint density at radius 3 is 2.27 bits per heavy atom. The summed E-state index contributed by atoms with van der Waals surface area (Å²) in [6.45, 7) is 13.1. The fraction of sp³-hybridized carbons (Fsp3) is 0.672. The van der Waals surface area contributed by atoms with Crippen LogP contribution < -0.4 is 31.9 Å². The number of amides is 6. The number of urea groups is 1. The van der Waals surface area contributed by atoms with Gasteiger partial charge in [0.15, 0.2) is 5.78 Å². The number of thioether (sulfide) groups is 1. The number of unbranched alkanes of at least 4 members (excludes halogenated alkanes) is 5. The number of likely N-dealkylation sites (tertiary alicyclic amines) is 1. The standard InChI is InChI=1S/C67H95N7O8S/c1-42-36-56-62(44(3)67(82-56)31-29-50-51-27-26-48-38-49(75)28-30-66(48,4)53(51)39-52(50)43(67)2)74(40-42)35-34-69-59(77)19-10-6-15-33-70-64(80)54(37-45-22-24-47(25-23-45)63(79)46-16-8-5-9-17-46)71-60(78)21-11-7-14-32-68-58(76)20-13-12-18-57-61-55(41-83-57)72-65(81)73-61/h5,8-9,16-17,22-26,42,44,49-51,53-57,61-62,75H,6-7,10-15,18-21,27-41H2,1-4H3,(H,68,76)(H,69,77)(H,70,80)(H,71,78)(H2,72,73,81)/t42-,44+,49-,50-,51-,53-,54-,55-,56+,57?,61-,62-,66-,67?/m0/s1. The molecular formula is C67H95N7O8S.